The molecule has 1 unspecified atom stereocenters. The fraction of sp³-hybridized carbons (Fsp3) is 0. The van der Waals surface area contributed by atoms with E-state index in [1.807, 2.05) is 42.5 Å². The topological polar surface area (TPSA) is 37.3 Å². The summed E-state index contributed by atoms with van der Waals surface area (Å²) < 4.78 is 20.2. The predicted molar refractivity (Wildman–Crippen MR) is 91.5 cm³/mol. The average Bonchev–Trinajstić information content (AvgIpc) is 2.56. The number of hydrogen-bond donors (Lipinski definition) is 1. The first-order valence-corrected chi connectivity index (χ1v) is 8.69. The molecule has 110 valence electrons. The van der Waals surface area contributed by atoms with Gasteiger partial charge in [-0.05, 0) is 41.5 Å². The maximum atomic E-state index is 11.1. The monoisotopic (exact) mass is 326 g/mol. The molecular formula is C18H14O2S2. The molecule has 0 aliphatic rings. The summed E-state index contributed by atoms with van der Waals surface area (Å²) in [6.07, 6.45) is 0. The van der Waals surface area contributed by atoms with Crippen molar-refractivity contribution in [2.75, 3.05) is 0 Å². The molecular weight excluding hydrogens is 312 g/mol. The maximum Gasteiger partial charge on any atom is 0.186 e. The second-order valence-electron chi connectivity index (χ2n) is 4.68. The Bertz CT molecular complexity index is 784. The highest BCUT2D eigenvalue weighted by Crippen LogP contribution is 2.35. The van der Waals surface area contributed by atoms with Gasteiger partial charge in [0.05, 0.1) is 4.90 Å². The first kappa shape index (κ1) is 15.0. The van der Waals surface area contributed by atoms with E-state index in [9.17, 15) is 4.21 Å². The zero-order valence-electron chi connectivity index (χ0n) is 11.7. The first-order chi connectivity index (χ1) is 10.7. The Morgan fingerprint density at radius 3 is 2.09 bits per heavy atom. The molecule has 0 spiro atoms. The van der Waals surface area contributed by atoms with Gasteiger partial charge in [0.25, 0.3) is 0 Å². The number of rotatable bonds is 4. The summed E-state index contributed by atoms with van der Waals surface area (Å²) in [5.74, 6) is 0. The van der Waals surface area contributed by atoms with E-state index in [0.29, 0.717) is 4.90 Å². The minimum atomic E-state index is -1.94. The molecule has 3 rings (SSSR count). The van der Waals surface area contributed by atoms with E-state index in [1.165, 1.54) is 4.90 Å². The van der Waals surface area contributed by atoms with Crippen LogP contribution in [0.5, 0.6) is 0 Å². The lowest BCUT2D eigenvalue weighted by Crippen LogP contribution is -1.88. The van der Waals surface area contributed by atoms with Gasteiger partial charge in [0.2, 0.25) is 0 Å². The molecule has 0 bridgehead atoms. The Balaban J connectivity index is 1.95. The highest BCUT2D eigenvalue weighted by molar-refractivity contribution is 7.99. The molecule has 2 nitrogen and oxygen atoms in total. The smallest absolute Gasteiger partial charge is 0.186 e. The molecule has 3 aromatic rings. The van der Waals surface area contributed by atoms with Crippen molar-refractivity contribution in [3.63, 3.8) is 0 Å². The Morgan fingerprint density at radius 1 is 0.773 bits per heavy atom. The van der Waals surface area contributed by atoms with Crippen LogP contribution in [-0.2, 0) is 11.1 Å². The zero-order valence-corrected chi connectivity index (χ0v) is 13.3. The SMILES string of the molecule is O=S(O)c1ccc(-c2ccccc2Sc2ccccc2)cc1. The van der Waals surface area contributed by atoms with Gasteiger partial charge in [-0.25, -0.2) is 4.21 Å². The molecule has 22 heavy (non-hydrogen) atoms. The van der Waals surface area contributed by atoms with Crippen LogP contribution in [0.1, 0.15) is 0 Å². The van der Waals surface area contributed by atoms with Gasteiger partial charge >= 0.3 is 0 Å². The van der Waals surface area contributed by atoms with E-state index < -0.39 is 11.1 Å². The molecule has 0 fully saturated rings. The van der Waals surface area contributed by atoms with Gasteiger partial charge in [-0.1, -0.05) is 60.3 Å². The van der Waals surface area contributed by atoms with E-state index >= 15 is 0 Å². The maximum absolute atomic E-state index is 11.1. The lowest BCUT2D eigenvalue weighted by molar-refractivity contribution is 0.564. The van der Waals surface area contributed by atoms with E-state index in [-0.39, 0.29) is 0 Å². The van der Waals surface area contributed by atoms with Crippen molar-refractivity contribution in [2.45, 2.75) is 14.7 Å². The van der Waals surface area contributed by atoms with Gasteiger partial charge in [0.15, 0.2) is 11.1 Å². The lowest BCUT2D eigenvalue weighted by Gasteiger charge is -2.09. The van der Waals surface area contributed by atoms with Gasteiger partial charge in [-0.15, -0.1) is 0 Å². The van der Waals surface area contributed by atoms with E-state index in [4.69, 9.17) is 4.55 Å². The fourth-order valence-corrected chi connectivity index (χ4v) is 3.52. The van der Waals surface area contributed by atoms with Gasteiger partial charge < -0.3 is 4.55 Å². The van der Waals surface area contributed by atoms with Crippen LogP contribution < -0.4 is 0 Å². The predicted octanol–water partition coefficient (Wildman–Crippen LogP) is 5.09. The first-order valence-electron chi connectivity index (χ1n) is 6.77. The number of benzene rings is 3. The summed E-state index contributed by atoms with van der Waals surface area (Å²) in [4.78, 5) is 2.76. The van der Waals surface area contributed by atoms with Gasteiger partial charge in [0.1, 0.15) is 0 Å². The van der Waals surface area contributed by atoms with Crippen molar-refractivity contribution < 1.29 is 8.76 Å². The molecule has 0 heterocycles. The van der Waals surface area contributed by atoms with E-state index in [1.54, 1.807) is 23.9 Å². The zero-order chi connectivity index (χ0) is 15.4. The summed E-state index contributed by atoms with van der Waals surface area (Å²) in [7, 11) is 0. The average molecular weight is 326 g/mol. The summed E-state index contributed by atoms with van der Waals surface area (Å²) >= 11 is -0.225. The third kappa shape index (κ3) is 3.47. The fourth-order valence-electron chi connectivity index (χ4n) is 2.16. The third-order valence-electron chi connectivity index (χ3n) is 3.23. The van der Waals surface area contributed by atoms with Crippen LogP contribution in [0.15, 0.2) is 93.5 Å². The van der Waals surface area contributed by atoms with Crippen molar-refractivity contribution in [1.82, 2.24) is 0 Å². The molecule has 0 radical (unpaired) electrons. The highest BCUT2D eigenvalue weighted by atomic mass is 32.2. The van der Waals surface area contributed by atoms with Crippen LogP contribution in [0.25, 0.3) is 11.1 Å². The molecule has 0 aliphatic carbocycles. The molecule has 4 heteroatoms. The molecule has 0 saturated carbocycles. The minimum Gasteiger partial charge on any atom is -0.302 e. The summed E-state index contributed by atoms with van der Waals surface area (Å²) in [5, 5.41) is 0. The lowest BCUT2D eigenvalue weighted by atomic mass is 10.1. The van der Waals surface area contributed by atoms with Crippen LogP contribution >= 0.6 is 11.8 Å². The normalized spacial score (nSPS) is 12.0. The van der Waals surface area contributed by atoms with Crippen LogP contribution in [-0.4, -0.2) is 8.76 Å². The van der Waals surface area contributed by atoms with Crippen molar-refractivity contribution in [3.8, 4) is 11.1 Å². The summed E-state index contributed by atoms with van der Waals surface area (Å²) in [5.41, 5.74) is 2.15. The van der Waals surface area contributed by atoms with Gasteiger partial charge in [-0.2, -0.15) is 0 Å². The van der Waals surface area contributed by atoms with Crippen LogP contribution in [0.2, 0.25) is 0 Å². The van der Waals surface area contributed by atoms with Gasteiger partial charge in [0, 0.05) is 9.79 Å². The molecule has 0 aromatic heterocycles. The highest BCUT2D eigenvalue weighted by Gasteiger charge is 2.07. The summed E-state index contributed by atoms with van der Waals surface area (Å²) in [6.45, 7) is 0. The largest absolute Gasteiger partial charge is 0.302 e. The Hall–Kier alpha value is -1.88. The van der Waals surface area contributed by atoms with Crippen molar-refractivity contribution in [3.05, 3.63) is 78.9 Å². The minimum absolute atomic E-state index is 0.414. The van der Waals surface area contributed by atoms with Crippen molar-refractivity contribution >= 4 is 22.8 Å². The van der Waals surface area contributed by atoms with E-state index in [0.717, 1.165) is 16.0 Å². The Morgan fingerprint density at radius 2 is 1.41 bits per heavy atom. The van der Waals surface area contributed by atoms with Gasteiger partial charge in [-0.3, -0.25) is 0 Å². The molecule has 0 saturated heterocycles. The molecule has 0 amide bonds. The van der Waals surface area contributed by atoms with Crippen LogP contribution in [0, 0.1) is 0 Å². The second-order valence-corrected chi connectivity index (χ2v) is 6.77. The number of hydrogen-bond acceptors (Lipinski definition) is 2. The molecule has 1 atom stereocenters. The van der Waals surface area contributed by atoms with Crippen molar-refractivity contribution in [1.29, 1.82) is 0 Å². The molecule has 0 aliphatic heterocycles. The third-order valence-corrected chi connectivity index (χ3v) is 4.98. The summed E-state index contributed by atoms with van der Waals surface area (Å²) in [6, 6.07) is 25.5. The van der Waals surface area contributed by atoms with E-state index in [2.05, 4.69) is 24.3 Å². The molecule has 1 N–H and O–H groups in total. The standard InChI is InChI=1S/C18H14O2S2/c19-22(20)16-12-10-14(11-13-16)17-8-4-5-9-18(17)21-15-6-2-1-3-7-15/h1-13H,(H,19,20). The second kappa shape index (κ2) is 6.92. The van der Waals surface area contributed by atoms with Crippen LogP contribution in [0.3, 0.4) is 0 Å². The Kier molecular flexibility index (Phi) is 4.73. The Labute approximate surface area is 136 Å². The van der Waals surface area contributed by atoms with Crippen molar-refractivity contribution in [2.24, 2.45) is 0 Å². The molecule has 3 aromatic carbocycles. The quantitative estimate of drug-likeness (QED) is 0.679. The van der Waals surface area contributed by atoms with Crippen LogP contribution in [0.4, 0.5) is 0 Å².